The van der Waals surface area contributed by atoms with Crippen LogP contribution in [-0.2, 0) is 23.1 Å². The van der Waals surface area contributed by atoms with E-state index in [0.29, 0.717) is 18.8 Å². The number of rotatable bonds is 4. The van der Waals surface area contributed by atoms with Gasteiger partial charge in [-0.1, -0.05) is 18.2 Å². The molecule has 0 saturated carbocycles. The smallest absolute Gasteiger partial charge is 0.295 e. The summed E-state index contributed by atoms with van der Waals surface area (Å²) in [4.78, 5) is 6.47. The fourth-order valence-corrected chi connectivity index (χ4v) is 3.85. The van der Waals surface area contributed by atoms with Gasteiger partial charge in [0, 0.05) is 24.8 Å². The van der Waals surface area contributed by atoms with Crippen molar-refractivity contribution >= 4 is 21.5 Å². The van der Waals surface area contributed by atoms with Crippen molar-refractivity contribution in [3.05, 3.63) is 72.1 Å². The van der Waals surface area contributed by atoms with Crippen molar-refractivity contribution in [2.75, 3.05) is 9.62 Å². The molecule has 1 N–H and O–H groups in total. The standard InChI is InChI=1S/C17H15N3O3S/c21-24(22,17-8-4-10-23-17)19-15-6-3-5-13-11-20(12-14(13)15)16-7-1-2-9-18-16/h1-10,19H,11-12H2. The molecule has 24 heavy (non-hydrogen) atoms. The topological polar surface area (TPSA) is 75.4 Å². The molecule has 0 bridgehead atoms. The second kappa shape index (κ2) is 5.68. The summed E-state index contributed by atoms with van der Waals surface area (Å²) in [7, 11) is -3.72. The average molecular weight is 341 g/mol. The van der Waals surface area contributed by atoms with Crippen LogP contribution in [0.25, 0.3) is 0 Å². The van der Waals surface area contributed by atoms with Crippen molar-refractivity contribution in [2.45, 2.75) is 18.2 Å². The molecule has 1 aliphatic heterocycles. The van der Waals surface area contributed by atoms with E-state index in [1.807, 2.05) is 30.3 Å². The van der Waals surface area contributed by atoms with E-state index in [1.165, 1.54) is 12.3 Å². The van der Waals surface area contributed by atoms with Crippen molar-refractivity contribution in [1.82, 2.24) is 4.98 Å². The third-order valence-electron chi connectivity index (χ3n) is 3.96. The van der Waals surface area contributed by atoms with Crippen LogP contribution in [0, 0.1) is 0 Å². The Morgan fingerprint density at radius 3 is 2.71 bits per heavy atom. The van der Waals surface area contributed by atoms with Crippen molar-refractivity contribution in [1.29, 1.82) is 0 Å². The number of anilines is 2. The van der Waals surface area contributed by atoms with Crippen molar-refractivity contribution in [3.63, 3.8) is 0 Å². The quantitative estimate of drug-likeness (QED) is 0.789. The number of hydrogen-bond donors (Lipinski definition) is 1. The summed E-state index contributed by atoms with van der Waals surface area (Å²) < 4.78 is 32.4. The lowest BCUT2D eigenvalue weighted by Gasteiger charge is -2.16. The fraction of sp³-hybridized carbons (Fsp3) is 0.118. The highest BCUT2D eigenvalue weighted by Gasteiger charge is 2.25. The zero-order valence-electron chi connectivity index (χ0n) is 12.7. The molecule has 0 saturated heterocycles. The summed E-state index contributed by atoms with van der Waals surface area (Å²) in [5, 5.41) is -0.0975. The Hall–Kier alpha value is -2.80. The molecule has 1 aliphatic rings. The van der Waals surface area contributed by atoms with Crippen LogP contribution in [-0.4, -0.2) is 13.4 Å². The van der Waals surface area contributed by atoms with Crippen molar-refractivity contribution in [2.24, 2.45) is 0 Å². The monoisotopic (exact) mass is 341 g/mol. The van der Waals surface area contributed by atoms with E-state index in [1.54, 1.807) is 18.3 Å². The number of benzene rings is 1. The normalized spacial score (nSPS) is 13.8. The molecular weight excluding hydrogens is 326 g/mol. The van der Waals surface area contributed by atoms with E-state index in [4.69, 9.17) is 4.42 Å². The molecule has 4 rings (SSSR count). The summed E-state index contributed by atoms with van der Waals surface area (Å²) in [6.45, 7) is 1.30. The number of nitrogens with one attached hydrogen (secondary N) is 1. The van der Waals surface area contributed by atoms with Crippen LogP contribution in [0.4, 0.5) is 11.5 Å². The first-order valence-electron chi connectivity index (χ1n) is 7.46. The number of fused-ring (bicyclic) bond motifs is 1. The summed E-state index contributed by atoms with van der Waals surface area (Å²) in [6.07, 6.45) is 3.09. The van der Waals surface area contributed by atoms with Crippen LogP contribution in [0.5, 0.6) is 0 Å². The van der Waals surface area contributed by atoms with E-state index in [0.717, 1.165) is 16.9 Å². The van der Waals surface area contributed by atoms with Gasteiger partial charge in [0.05, 0.1) is 12.0 Å². The predicted molar refractivity (Wildman–Crippen MR) is 90.1 cm³/mol. The van der Waals surface area contributed by atoms with Gasteiger partial charge in [-0.05, 0) is 35.9 Å². The molecule has 6 nitrogen and oxygen atoms in total. The largest absolute Gasteiger partial charge is 0.451 e. The van der Waals surface area contributed by atoms with Gasteiger partial charge in [0.2, 0.25) is 5.09 Å². The lowest BCUT2D eigenvalue weighted by atomic mass is 10.1. The molecule has 0 aliphatic carbocycles. The summed E-state index contributed by atoms with van der Waals surface area (Å²) in [5.74, 6) is 0.869. The van der Waals surface area contributed by atoms with Gasteiger partial charge in [-0.2, -0.15) is 8.42 Å². The SMILES string of the molecule is O=S(=O)(Nc1cccc2c1CN(c1ccccn1)C2)c1ccco1. The minimum Gasteiger partial charge on any atom is -0.451 e. The van der Waals surface area contributed by atoms with Gasteiger partial charge in [0.15, 0.2) is 0 Å². The maximum Gasteiger partial charge on any atom is 0.295 e. The lowest BCUT2D eigenvalue weighted by Crippen LogP contribution is -2.16. The minimum absolute atomic E-state index is 0.0975. The average Bonchev–Trinajstić information content (AvgIpc) is 3.26. The number of furan rings is 1. The van der Waals surface area contributed by atoms with Crippen molar-refractivity contribution < 1.29 is 12.8 Å². The van der Waals surface area contributed by atoms with Gasteiger partial charge >= 0.3 is 0 Å². The molecule has 2 aromatic heterocycles. The van der Waals surface area contributed by atoms with Gasteiger partial charge in [-0.15, -0.1) is 0 Å². The molecule has 7 heteroatoms. The van der Waals surface area contributed by atoms with Crippen molar-refractivity contribution in [3.8, 4) is 0 Å². The highest BCUT2D eigenvalue weighted by atomic mass is 32.2. The fourth-order valence-electron chi connectivity index (χ4n) is 2.83. The number of pyridine rings is 1. The van der Waals surface area contributed by atoms with Gasteiger partial charge in [-0.3, -0.25) is 4.72 Å². The van der Waals surface area contributed by atoms with Gasteiger partial charge in [0.1, 0.15) is 5.82 Å². The molecule has 1 aromatic carbocycles. The number of nitrogens with zero attached hydrogens (tertiary/aromatic N) is 2. The van der Waals surface area contributed by atoms with E-state index in [9.17, 15) is 8.42 Å². The Kier molecular flexibility index (Phi) is 3.50. The van der Waals surface area contributed by atoms with Gasteiger partial charge in [-0.25, -0.2) is 4.98 Å². The Labute approximate surface area is 139 Å². The second-order valence-corrected chi connectivity index (χ2v) is 7.14. The first-order valence-corrected chi connectivity index (χ1v) is 8.95. The highest BCUT2D eigenvalue weighted by molar-refractivity contribution is 7.92. The molecule has 0 atom stereocenters. The summed E-state index contributed by atoms with van der Waals surface area (Å²) in [5.41, 5.74) is 2.61. The Bertz CT molecular complexity index is 954. The van der Waals surface area contributed by atoms with Crippen LogP contribution in [0.15, 0.2) is 70.5 Å². The van der Waals surface area contributed by atoms with Crippen LogP contribution in [0.1, 0.15) is 11.1 Å². The molecule has 0 spiro atoms. The second-order valence-electron chi connectivity index (χ2n) is 5.52. The maximum absolute atomic E-state index is 12.4. The first kappa shape index (κ1) is 14.8. The minimum atomic E-state index is -3.72. The Morgan fingerprint density at radius 2 is 1.96 bits per heavy atom. The molecule has 122 valence electrons. The third kappa shape index (κ3) is 2.63. The number of hydrogen-bond acceptors (Lipinski definition) is 5. The van der Waals surface area contributed by atoms with Crippen LogP contribution < -0.4 is 9.62 Å². The molecule has 0 amide bonds. The van der Waals surface area contributed by atoms with Gasteiger partial charge < -0.3 is 9.32 Å². The third-order valence-corrected chi connectivity index (χ3v) is 5.21. The van der Waals surface area contributed by atoms with E-state index >= 15 is 0 Å². The van der Waals surface area contributed by atoms with E-state index in [-0.39, 0.29) is 5.09 Å². The molecule has 3 aromatic rings. The first-order chi connectivity index (χ1) is 11.6. The lowest BCUT2D eigenvalue weighted by molar-refractivity contribution is 0.452. The highest BCUT2D eigenvalue weighted by Crippen LogP contribution is 2.32. The number of aromatic nitrogens is 1. The van der Waals surface area contributed by atoms with Crippen LogP contribution in [0.2, 0.25) is 0 Å². The predicted octanol–water partition coefficient (Wildman–Crippen LogP) is 3.00. The van der Waals surface area contributed by atoms with E-state index < -0.39 is 10.0 Å². The molecule has 0 radical (unpaired) electrons. The van der Waals surface area contributed by atoms with Crippen LogP contribution in [0.3, 0.4) is 0 Å². The van der Waals surface area contributed by atoms with E-state index in [2.05, 4.69) is 14.6 Å². The number of sulfonamides is 1. The summed E-state index contributed by atoms with van der Waals surface area (Å²) in [6, 6.07) is 14.3. The zero-order chi connectivity index (χ0) is 16.6. The Balaban J connectivity index is 1.64. The molecular formula is C17H15N3O3S. The molecule has 0 unspecified atom stereocenters. The molecule has 0 fully saturated rings. The molecule has 3 heterocycles. The Morgan fingerprint density at radius 1 is 1.04 bits per heavy atom. The van der Waals surface area contributed by atoms with Gasteiger partial charge in [0.25, 0.3) is 10.0 Å². The zero-order valence-corrected chi connectivity index (χ0v) is 13.5. The summed E-state index contributed by atoms with van der Waals surface area (Å²) >= 11 is 0. The maximum atomic E-state index is 12.4. The van der Waals surface area contributed by atoms with Crippen LogP contribution >= 0.6 is 0 Å².